The number of aromatic nitrogens is 3. The van der Waals surface area contributed by atoms with Crippen LogP contribution in [0, 0.1) is 17.0 Å². The van der Waals surface area contributed by atoms with E-state index in [9.17, 15) is 32.9 Å². The van der Waals surface area contributed by atoms with Gasteiger partial charge >= 0.3 is 12.1 Å². The summed E-state index contributed by atoms with van der Waals surface area (Å²) in [6.07, 6.45) is -4.58. The van der Waals surface area contributed by atoms with Crippen molar-refractivity contribution in [1.82, 2.24) is 14.9 Å². The number of nitrogens with zero attached hydrogens (tertiary/aromatic N) is 4. The molecule has 202 valence electrons. The van der Waals surface area contributed by atoms with E-state index in [2.05, 4.69) is 10.2 Å². The van der Waals surface area contributed by atoms with E-state index < -0.39 is 33.9 Å². The fourth-order valence-corrected chi connectivity index (χ4v) is 3.27. The highest BCUT2D eigenvalue weighted by molar-refractivity contribution is 6.32. The number of nitrogen functional groups attached to an aromatic ring is 1. The number of rotatable bonds is 5. The maximum Gasteiger partial charge on any atom is 0.416 e. The summed E-state index contributed by atoms with van der Waals surface area (Å²) < 4.78 is 43.9. The minimum Gasteiger partial charge on any atom is -0.477 e. The van der Waals surface area contributed by atoms with E-state index in [0.717, 1.165) is 35.0 Å². The molecule has 0 radical (unpaired) electrons. The Morgan fingerprint density at radius 3 is 2.33 bits per heavy atom. The molecule has 0 aliphatic carbocycles. The van der Waals surface area contributed by atoms with Crippen LogP contribution < -0.4 is 16.1 Å². The third-order valence-electron chi connectivity index (χ3n) is 4.99. The molecule has 0 atom stereocenters. The molecule has 3 N–H and O–H groups in total. The van der Waals surface area contributed by atoms with Crippen LogP contribution in [0.5, 0.6) is 11.5 Å². The lowest BCUT2D eigenvalue weighted by Gasteiger charge is -2.11. The third-order valence-corrected chi connectivity index (χ3v) is 5.29. The largest absolute Gasteiger partial charge is 0.477 e. The molecule has 4 aromatic rings. The lowest BCUT2D eigenvalue weighted by molar-refractivity contribution is -0.385. The summed E-state index contributed by atoms with van der Waals surface area (Å²) in [7, 11) is 0. The van der Waals surface area contributed by atoms with Crippen molar-refractivity contribution in [3.8, 4) is 22.8 Å². The Balaban J connectivity index is 0.000000239. The molecule has 0 saturated carbocycles. The topological polar surface area (TPSA) is 163 Å². The highest BCUT2D eigenvalue weighted by atomic mass is 35.5. The Morgan fingerprint density at radius 2 is 1.77 bits per heavy atom. The maximum atomic E-state index is 12.6. The van der Waals surface area contributed by atoms with Crippen LogP contribution in [0.1, 0.15) is 21.7 Å². The van der Waals surface area contributed by atoms with Crippen molar-refractivity contribution in [2.45, 2.75) is 13.1 Å². The summed E-state index contributed by atoms with van der Waals surface area (Å²) in [4.78, 5) is 32.6. The predicted octanol–water partition coefficient (Wildman–Crippen LogP) is 5.09. The van der Waals surface area contributed by atoms with Crippen LogP contribution in [0.15, 0.2) is 71.5 Å². The van der Waals surface area contributed by atoms with Crippen molar-refractivity contribution >= 4 is 23.3 Å². The number of benzene rings is 3. The Morgan fingerprint density at radius 1 is 1.10 bits per heavy atom. The van der Waals surface area contributed by atoms with E-state index in [1.54, 1.807) is 19.1 Å². The molecule has 0 saturated heterocycles. The molecular formula is C24H17ClF3N5O6. The standard InChI is InChI=1S/C14H7ClF3NO5.C10H10N4O/c15-10-5-7(14(16,17)18)1-4-12(10)24-8-2-3-11(19(22)23)9(6-8)13(20)21;1-7-12-13-9(10(15)14(7)11)8-5-3-2-4-6-8/h1-6H,(H,20,21);2-6H,11H2,1H3. The number of hydrogen-bond donors (Lipinski definition) is 2. The maximum absolute atomic E-state index is 12.6. The minimum atomic E-state index is -4.58. The molecule has 11 nitrogen and oxygen atoms in total. The molecule has 1 heterocycles. The Hall–Kier alpha value is -4.98. The van der Waals surface area contributed by atoms with Crippen LogP contribution in [0.4, 0.5) is 18.9 Å². The van der Waals surface area contributed by atoms with E-state index in [1.165, 1.54) is 0 Å². The zero-order valence-electron chi connectivity index (χ0n) is 19.7. The average Bonchev–Trinajstić information content (AvgIpc) is 2.88. The Labute approximate surface area is 222 Å². The van der Waals surface area contributed by atoms with Gasteiger partial charge in [0, 0.05) is 17.7 Å². The first-order valence-corrected chi connectivity index (χ1v) is 11.0. The normalized spacial score (nSPS) is 10.8. The predicted molar refractivity (Wildman–Crippen MR) is 133 cm³/mol. The van der Waals surface area contributed by atoms with Gasteiger partial charge in [-0.2, -0.15) is 13.2 Å². The van der Waals surface area contributed by atoms with Gasteiger partial charge < -0.3 is 15.7 Å². The number of halogens is 4. The second-order valence-corrected chi connectivity index (χ2v) is 8.03. The molecule has 0 fully saturated rings. The molecule has 0 aliphatic heterocycles. The Bertz CT molecular complexity index is 1600. The first-order valence-electron chi connectivity index (χ1n) is 10.6. The zero-order chi connectivity index (χ0) is 28.9. The monoisotopic (exact) mass is 563 g/mol. The fraction of sp³-hybridized carbons (Fsp3) is 0.0833. The quantitative estimate of drug-likeness (QED) is 0.191. The molecule has 0 aliphatic rings. The van der Waals surface area contributed by atoms with Crippen LogP contribution >= 0.6 is 11.6 Å². The van der Waals surface area contributed by atoms with Crippen LogP contribution in [-0.4, -0.2) is 30.9 Å². The summed E-state index contributed by atoms with van der Waals surface area (Å²) in [5, 5.41) is 27.0. The number of nitro benzene ring substituents is 1. The molecular weight excluding hydrogens is 547 g/mol. The molecule has 0 amide bonds. The molecule has 0 bridgehead atoms. The number of carboxylic acids is 1. The second-order valence-electron chi connectivity index (χ2n) is 7.62. The van der Waals surface area contributed by atoms with Crippen molar-refractivity contribution < 1.29 is 32.7 Å². The van der Waals surface area contributed by atoms with E-state index in [1.807, 2.05) is 18.2 Å². The van der Waals surface area contributed by atoms with Crippen LogP contribution in [0.3, 0.4) is 0 Å². The SMILES string of the molecule is Cc1nnc(-c2ccccc2)c(=O)n1N.O=C(O)c1cc(Oc2ccc(C(F)(F)F)cc2Cl)ccc1[N+](=O)[O-]. The number of carboxylic acid groups (broad SMARTS) is 1. The zero-order valence-corrected chi connectivity index (χ0v) is 20.5. The average molecular weight is 564 g/mol. The van der Waals surface area contributed by atoms with Gasteiger partial charge in [-0.05, 0) is 31.2 Å². The van der Waals surface area contributed by atoms with Crippen molar-refractivity contribution in [3.05, 3.63) is 109 Å². The summed E-state index contributed by atoms with van der Waals surface area (Å²) in [6, 6.07) is 14.4. The fourth-order valence-electron chi connectivity index (χ4n) is 3.05. The van der Waals surface area contributed by atoms with Crippen LogP contribution in [-0.2, 0) is 6.18 Å². The minimum absolute atomic E-state index is 0.125. The molecule has 15 heteroatoms. The van der Waals surface area contributed by atoms with Gasteiger partial charge in [-0.3, -0.25) is 14.9 Å². The van der Waals surface area contributed by atoms with E-state index in [0.29, 0.717) is 17.5 Å². The summed E-state index contributed by atoms with van der Waals surface area (Å²) in [5.74, 6) is 4.08. The molecule has 0 spiro atoms. The van der Waals surface area contributed by atoms with Gasteiger partial charge in [-0.1, -0.05) is 41.9 Å². The van der Waals surface area contributed by atoms with Gasteiger partial charge in [-0.25, -0.2) is 9.47 Å². The molecule has 1 aromatic heterocycles. The van der Waals surface area contributed by atoms with Crippen molar-refractivity contribution in [2.24, 2.45) is 0 Å². The van der Waals surface area contributed by atoms with Gasteiger partial charge in [0.1, 0.15) is 17.1 Å². The molecule has 4 rings (SSSR count). The van der Waals surface area contributed by atoms with Crippen molar-refractivity contribution in [1.29, 1.82) is 0 Å². The first-order chi connectivity index (χ1) is 18.3. The summed E-state index contributed by atoms with van der Waals surface area (Å²) >= 11 is 5.72. The van der Waals surface area contributed by atoms with Gasteiger partial charge in [-0.15, -0.1) is 10.2 Å². The number of ether oxygens (including phenoxy) is 1. The Kier molecular flexibility index (Phi) is 8.50. The molecule has 39 heavy (non-hydrogen) atoms. The van der Waals surface area contributed by atoms with Gasteiger partial charge in [0.05, 0.1) is 15.5 Å². The summed E-state index contributed by atoms with van der Waals surface area (Å²) in [6.45, 7) is 1.63. The lowest BCUT2D eigenvalue weighted by atomic mass is 10.1. The van der Waals surface area contributed by atoms with Gasteiger partial charge in [0.2, 0.25) is 0 Å². The first kappa shape index (κ1) is 28.6. The highest BCUT2D eigenvalue weighted by Crippen LogP contribution is 2.37. The third kappa shape index (κ3) is 6.87. The number of aromatic carboxylic acids is 1. The number of aryl methyl sites for hydroxylation is 1. The number of carbonyl (C=O) groups is 1. The second kappa shape index (κ2) is 11.6. The number of hydrogen-bond acceptors (Lipinski definition) is 8. The van der Waals surface area contributed by atoms with Crippen LogP contribution in [0.2, 0.25) is 5.02 Å². The van der Waals surface area contributed by atoms with Crippen LogP contribution in [0.25, 0.3) is 11.3 Å². The van der Waals surface area contributed by atoms with E-state index >= 15 is 0 Å². The number of alkyl halides is 3. The number of nitrogens with two attached hydrogens (primary N) is 1. The molecule has 0 unspecified atom stereocenters. The van der Waals surface area contributed by atoms with Crippen molar-refractivity contribution in [3.63, 3.8) is 0 Å². The van der Waals surface area contributed by atoms with E-state index in [-0.39, 0.29) is 27.8 Å². The van der Waals surface area contributed by atoms with Crippen molar-refractivity contribution in [2.75, 3.05) is 5.84 Å². The van der Waals surface area contributed by atoms with E-state index in [4.69, 9.17) is 27.3 Å². The highest BCUT2D eigenvalue weighted by Gasteiger charge is 2.31. The molecule has 3 aromatic carbocycles. The number of nitro groups is 1. The summed E-state index contributed by atoms with van der Waals surface area (Å²) in [5.41, 5.74) is -1.60. The van der Waals surface area contributed by atoms with Gasteiger partial charge in [0.25, 0.3) is 11.2 Å². The lowest BCUT2D eigenvalue weighted by Crippen LogP contribution is -2.32. The smallest absolute Gasteiger partial charge is 0.416 e. The van der Waals surface area contributed by atoms with Gasteiger partial charge in [0.15, 0.2) is 11.5 Å².